The van der Waals surface area contributed by atoms with Crippen LogP contribution in [0.5, 0.6) is 5.75 Å². The zero-order valence-corrected chi connectivity index (χ0v) is 17.8. The Morgan fingerprint density at radius 1 is 1.30 bits per heavy atom. The van der Waals surface area contributed by atoms with Crippen molar-refractivity contribution in [2.24, 2.45) is 0 Å². The van der Waals surface area contributed by atoms with Crippen LogP contribution in [0.15, 0.2) is 33.5 Å². The molecule has 0 saturated carbocycles. The number of carboxylic acids is 1. The normalized spacial score (nSPS) is 27.0. The Kier molecular flexibility index (Phi) is 7.05. The highest BCUT2D eigenvalue weighted by Gasteiger charge is 2.56. The summed E-state index contributed by atoms with van der Waals surface area (Å²) in [6.07, 6.45) is -7.56. The molecule has 0 spiro atoms. The molecular formula is C21H25NO11. The number of ether oxygens (including phenoxy) is 2. The van der Waals surface area contributed by atoms with Gasteiger partial charge in [-0.25, -0.2) is 9.59 Å². The van der Waals surface area contributed by atoms with Crippen LogP contribution in [0, 0.1) is 6.92 Å². The van der Waals surface area contributed by atoms with Crippen molar-refractivity contribution in [2.75, 3.05) is 6.61 Å². The average Bonchev–Trinajstić information content (AvgIpc) is 2.73. The molecule has 1 aromatic heterocycles. The van der Waals surface area contributed by atoms with Crippen LogP contribution < -0.4 is 15.7 Å². The summed E-state index contributed by atoms with van der Waals surface area (Å²) in [4.78, 5) is 35.5. The van der Waals surface area contributed by atoms with Gasteiger partial charge in [-0.1, -0.05) is 0 Å². The molecule has 1 fully saturated rings. The summed E-state index contributed by atoms with van der Waals surface area (Å²) in [7, 11) is 0. The van der Waals surface area contributed by atoms with Crippen LogP contribution >= 0.6 is 0 Å². The molecule has 6 unspecified atom stereocenters. The maximum Gasteiger partial charge on any atom is 0.377 e. The lowest BCUT2D eigenvalue weighted by Crippen LogP contribution is -2.68. The number of carbonyl (C=O) groups excluding carboxylic acids is 1. The number of hydrogen-bond donors (Lipinski definition) is 6. The summed E-state index contributed by atoms with van der Waals surface area (Å²) in [6, 6.07) is 4.21. The lowest BCUT2D eigenvalue weighted by atomic mass is 9.88. The van der Waals surface area contributed by atoms with E-state index in [-0.39, 0.29) is 11.3 Å². The van der Waals surface area contributed by atoms with Gasteiger partial charge in [-0.05, 0) is 24.6 Å². The van der Waals surface area contributed by atoms with Gasteiger partial charge < -0.3 is 44.7 Å². The van der Waals surface area contributed by atoms with E-state index in [0.29, 0.717) is 10.9 Å². The number of rotatable bonds is 7. The van der Waals surface area contributed by atoms with Crippen molar-refractivity contribution < 1.29 is 49.0 Å². The van der Waals surface area contributed by atoms with Gasteiger partial charge in [0.2, 0.25) is 5.91 Å². The minimum absolute atomic E-state index is 0.0835. The van der Waals surface area contributed by atoms with Gasteiger partial charge in [0, 0.05) is 24.4 Å². The van der Waals surface area contributed by atoms with Crippen molar-refractivity contribution in [3.63, 3.8) is 0 Å². The highest BCUT2D eigenvalue weighted by Crippen LogP contribution is 2.35. The van der Waals surface area contributed by atoms with Crippen molar-refractivity contribution in [1.82, 2.24) is 5.32 Å². The van der Waals surface area contributed by atoms with E-state index in [1.807, 2.05) is 0 Å². The predicted molar refractivity (Wildman–Crippen MR) is 110 cm³/mol. The largest absolute Gasteiger partial charge is 0.476 e. The van der Waals surface area contributed by atoms with Crippen LogP contribution in [0.2, 0.25) is 0 Å². The fraction of sp³-hybridized carbons (Fsp3) is 0.476. The molecule has 33 heavy (non-hydrogen) atoms. The predicted octanol–water partition coefficient (Wildman–Crippen LogP) is -1.37. The molecule has 3 rings (SSSR count). The van der Waals surface area contributed by atoms with Crippen LogP contribution in [0.1, 0.15) is 18.9 Å². The van der Waals surface area contributed by atoms with E-state index in [1.165, 1.54) is 18.2 Å². The molecule has 0 radical (unpaired) electrons. The molecule has 0 aliphatic carbocycles. The monoisotopic (exact) mass is 467 g/mol. The number of benzene rings is 1. The Hall–Kier alpha value is -3.03. The summed E-state index contributed by atoms with van der Waals surface area (Å²) >= 11 is 0. The number of hydrogen-bond acceptors (Lipinski definition) is 10. The first kappa shape index (κ1) is 24.6. The number of nitrogens with one attached hydrogen (secondary N) is 1. The standard InChI is InChI=1S/C21H25NO11/c1-9-5-16(27)31-15-6-11(3-4-12(9)15)32-21(20(29)30)7-13(25)17(22-10(2)24)19(33-21)18(28)14(26)8-23/h3-6,13-14,17-19,23,25-26,28H,7-8H2,1-2H3,(H,22,24)(H,29,30). The minimum Gasteiger partial charge on any atom is -0.476 e. The Morgan fingerprint density at radius 2 is 2.00 bits per heavy atom. The Balaban J connectivity index is 2.01. The van der Waals surface area contributed by atoms with E-state index in [1.54, 1.807) is 13.0 Å². The van der Waals surface area contributed by atoms with Crippen LogP contribution in [-0.4, -0.2) is 80.3 Å². The zero-order chi connectivity index (χ0) is 24.5. The first-order valence-electron chi connectivity index (χ1n) is 10.0. The molecule has 2 aromatic rings. The SMILES string of the molecule is CC(=O)NC1C(O)CC(Oc2ccc3c(C)cc(=O)oc3c2)(C(=O)O)OC1C(O)C(O)CO. The van der Waals surface area contributed by atoms with Crippen LogP contribution in [0.25, 0.3) is 11.0 Å². The number of aliphatic hydroxyl groups excluding tert-OH is 4. The molecular weight excluding hydrogens is 442 g/mol. The highest BCUT2D eigenvalue weighted by atomic mass is 16.7. The van der Waals surface area contributed by atoms with Crippen molar-refractivity contribution in [3.05, 3.63) is 40.2 Å². The number of aliphatic hydroxyl groups is 4. The van der Waals surface area contributed by atoms with Crippen LogP contribution in [0.4, 0.5) is 0 Å². The third-order valence-corrected chi connectivity index (χ3v) is 5.39. The molecule has 1 saturated heterocycles. The Morgan fingerprint density at radius 3 is 2.61 bits per heavy atom. The van der Waals surface area contributed by atoms with E-state index in [9.17, 15) is 39.9 Å². The van der Waals surface area contributed by atoms with Gasteiger partial charge in [0.25, 0.3) is 0 Å². The Bertz CT molecular complexity index is 1100. The van der Waals surface area contributed by atoms with Crippen molar-refractivity contribution >= 4 is 22.8 Å². The summed E-state index contributed by atoms with van der Waals surface area (Å²) in [5.74, 6) is -4.90. The van der Waals surface area contributed by atoms with Crippen molar-refractivity contribution in [3.8, 4) is 5.75 Å². The van der Waals surface area contributed by atoms with E-state index in [2.05, 4.69) is 5.32 Å². The maximum atomic E-state index is 12.2. The number of aryl methyl sites for hydroxylation is 1. The second kappa shape index (κ2) is 9.45. The number of aliphatic carboxylic acids is 1. The summed E-state index contributed by atoms with van der Waals surface area (Å²) in [6.45, 7) is 1.94. The lowest BCUT2D eigenvalue weighted by Gasteiger charge is -2.46. The first-order chi connectivity index (χ1) is 15.5. The van der Waals surface area contributed by atoms with E-state index in [4.69, 9.17) is 13.9 Å². The van der Waals surface area contributed by atoms with E-state index < -0.39 is 66.8 Å². The molecule has 0 bridgehead atoms. The summed E-state index contributed by atoms with van der Waals surface area (Å²) < 4.78 is 16.3. The van der Waals surface area contributed by atoms with E-state index in [0.717, 1.165) is 6.92 Å². The maximum absolute atomic E-state index is 12.2. The van der Waals surface area contributed by atoms with Crippen molar-refractivity contribution in [2.45, 2.75) is 56.5 Å². The van der Waals surface area contributed by atoms with Crippen molar-refractivity contribution in [1.29, 1.82) is 0 Å². The lowest BCUT2D eigenvalue weighted by molar-refractivity contribution is -0.284. The molecule has 1 aliphatic rings. The second-order valence-electron chi connectivity index (χ2n) is 7.89. The van der Waals surface area contributed by atoms with Gasteiger partial charge in [-0.2, -0.15) is 0 Å². The third kappa shape index (κ3) is 4.99. The average molecular weight is 467 g/mol. The molecule has 2 heterocycles. The molecule has 1 aromatic carbocycles. The fourth-order valence-corrected chi connectivity index (χ4v) is 3.79. The number of fused-ring (bicyclic) bond motifs is 1. The van der Waals surface area contributed by atoms with Gasteiger partial charge in [0.1, 0.15) is 29.6 Å². The summed E-state index contributed by atoms with van der Waals surface area (Å²) in [5.41, 5.74) is 0.135. The highest BCUT2D eigenvalue weighted by molar-refractivity contribution is 5.82. The second-order valence-corrected chi connectivity index (χ2v) is 7.89. The smallest absolute Gasteiger partial charge is 0.377 e. The summed E-state index contributed by atoms with van der Waals surface area (Å²) in [5, 5.41) is 53.0. The first-order valence-corrected chi connectivity index (χ1v) is 10.0. The number of carboxylic acid groups (broad SMARTS) is 1. The molecule has 6 N–H and O–H groups in total. The molecule has 180 valence electrons. The quantitative estimate of drug-likeness (QED) is 0.263. The topological polar surface area (TPSA) is 196 Å². The van der Waals surface area contributed by atoms with Gasteiger partial charge >= 0.3 is 17.4 Å². The van der Waals surface area contributed by atoms with Gasteiger partial charge in [0.05, 0.1) is 25.2 Å². The third-order valence-electron chi connectivity index (χ3n) is 5.39. The van der Waals surface area contributed by atoms with E-state index >= 15 is 0 Å². The zero-order valence-electron chi connectivity index (χ0n) is 17.8. The molecule has 12 nitrogen and oxygen atoms in total. The van der Waals surface area contributed by atoms with Gasteiger partial charge in [-0.3, -0.25) is 4.79 Å². The molecule has 1 aliphatic heterocycles. The Labute approximate surface area is 187 Å². The molecule has 1 amide bonds. The van der Waals surface area contributed by atoms with Gasteiger partial charge in [-0.15, -0.1) is 0 Å². The van der Waals surface area contributed by atoms with Gasteiger partial charge in [0.15, 0.2) is 0 Å². The number of amides is 1. The number of carbonyl (C=O) groups is 2. The van der Waals surface area contributed by atoms with Crippen LogP contribution in [0.3, 0.4) is 0 Å². The fourth-order valence-electron chi connectivity index (χ4n) is 3.79. The molecule has 6 atom stereocenters. The minimum atomic E-state index is -2.55. The van der Waals surface area contributed by atoms with Crippen LogP contribution in [-0.2, 0) is 14.3 Å². The molecule has 12 heteroatoms.